The minimum absolute atomic E-state index is 0.0203. The van der Waals surface area contributed by atoms with Crippen molar-refractivity contribution in [1.82, 2.24) is 5.32 Å². The van der Waals surface area contributed by atoms with Gasteiger partial charge in [-0.15, -0.1) is 0 Å². The molecule has 0 atom stereocenters. The molecule has 0 saturated heterocycles. The molecule has 0 aliphatic rings. The van der Waals surface area contributed by atoms with E-state index >= 15 is 0 Å². The van der Waals surface area contributed by atoms with Crippen LogP contribution >= 0.6 is 15.9 Å². The van der Waals surface area contributed by atoms with Crippen molar-refractivity contribution in [2.24, 2.45) is 0 Å². The van der Waals surface area contributed by atoms with Crippen molar-refractivity contribution in [2.75, 3.05) is 6.61 Å². The summed E-state index contributed by atoms with van der Waals surface area (Å²) in [5, 5.41) is 12.2. The number of halogens is 1. The molecule has 6 heteroatoms. The second-order valence-corrected chi connectivity index (χ2v) is 7.81. The molecule has 0 radical (unpaired) electrons. The monoisotopic (exact) mass is 490 g/mol. The molecule has 0 aliphatic heterocycles. The Morgan fingerprint density at radius 1 is 1.00 bits per heavy atom. The molecule has 3 rings (SSSR count). The third-order valence-electron chi connectivity index (χ3n) is 4.55. The normalized spacial score (nSPS) is 10.8. The molecular weight excluding hydrogens is 468 g/mol. The highest BCUT2D eigenvalue weighted by atomic mass is 79.9. The van der Waals surface area contributed by atoms with E-state index in [1.807, 2.05) is 67.6 Å². The summed E-state index contributed by atoms with van der Waals surface area (Å²) in [5.74, 6) is 0.726. The van der Waals surface area contributed by atoms with Gasteiger partial charge in [0.2, 0.25) is 0 Å². The van der Waals surface area contributed by atoms with Crippen LogP contribution < -0.4 is 14.8 Å². The fourth-order valence-electron chi connectivity index (χ4n) is 2.93. The van der Waals surface area contributed by atoms with E-state index in [0.29, 0.717) is 36.8 Å². The summed E-state index contributed by atoms with van der Waals surface area (Å²) in [6, 6.07) is 24.7. The number of nitriles is 1. The standard InChI is InChI=1S/C26H23BrN2O3/c1-2-31-25-15-21(10-13-24(25)32-18-20-8-11-23(27)12-9-20)14-22(16-28)26(30)29-17-19-6-4-3-5-7-19/h3-15H,2,17-18H2,1H3,(H,29,30)/b22-14+. The molecule has 1 amide bonds. The van der Waals surface area contributed by atoms with Crippen molar-refractivity contribution < 1.29 is 14.3 Å². The van der Waals surface area contributed by atoms with Crippen LogP contribution in [0.5, 0.6) is 11.5 Å². The first-order valence-electron chi connectivity index (χ1n) is 10.2. The number of carbonyl (C=O) groups is 1. The van der Waals surface area contributed by atoms with Gasteiger partial charge in [-0.25, -0.2) is 0 Å². The van der Waals surface area contributed by atoms with Gasteiger partial charge in [0.15, 0.2) is 11.5 Å². The number of amides is 1. The van der Waals surface area contributed by atoms with E-state index in [-0.39, 0.29) is 5.57 Å². The van der Waals surface area contributed by atoms with Crippen LogP contribution in [0.15, 0.2) is 82.8 Å². The predicted octanol–water partition coefficient (Wildman–Crippen LogP) is 5.65. The number of rotatable bonds is 9. The van der Waals surface area contributed by atoms with Crippen molar-refractivity contribution in [2.45, 2.75) is 20.1 Å². The van der Waals surface area contributed by atoms with Gasteiger partial charge >= 0.3 is 0 Å². The molecule has 0 aliphatic carbocycles. The Hall–Kier alpha value is -3.56. The average Bonchev–Trinajstić information content (AvgIpc) is 2.82. The van der Waals surface area contributed by atoms with Crippen LogP contribution in [0.4, 0.5) is 0 Å². The van der Waals surface area contributed by atoms with Gasteiger partial charge in [-0.05, 0) is 54.0 Å². The van der Waals surface area contributed by atoms with Gasteiger partial charge in [-0.1, -0.05) is 64.5 Å². The predicted molar refractivity (Wildman–Crippen MR) is 128 cm³/mol. The van der Waals surface area contributed by atoms with Gasteiger partial charge in [0.25, 0.3) is 5.91 Å². The lowest BCUT2D eigenvalue weighted by molar-refractivity contribution is -0.117. The number of carbonyl (C=O) groups excluding carboxylic acids is 1. The number of ether oxygens (including phenoxy) is 2. The smallest absolute Gasteiger partial charge is 0.262 e. The molecule has 162 valence electrons. The maximum Gasteiger partial charge on any atom is 0.262 e. The molecule has 1 N–H and O–H groups in total. The van der Waals surface area contributed by atoms with Crippen LogP contribution in [-0.4, -0.2) is 12.5 Å². The van der Waals surface area contributed by atoms with E-state index in [2.05, 4.69) is 21.2 Å². The summed E-state index contributed by atoms with van der Waals surface area (Å²) in [6.07, 6.45) is 1.54. The van der Waals surface area contributed by atoms with Crippen LogP contribution in [-0.2, 0) is 17.9 Å². The van der Waals surface area contributed by atoms with Crippen LogP contribution in [0.25, 0.3) is 6.08 Å². The van der Waals surface area contributed by atoms with Crippen molar-refractivity contribution in [1.29, 1.82) is 5.26 Å². The zero-order chi connectivity index (χ0) is 22.8. The Balaban J connectivity index is 1.72. The van der Waals surface area contributed by atoms with E-state index in [9.17, 15) is 10.1 Å². The van der Waals surface area contributed by atoms with Crippen LogP contribution in [0.1, 0.15) is 23.6 Å². The summed E-state index contributed by atoms with van der Waals surface area (Å²) in [7, 11) is 0. The molecular formula is C26H23BrN2O3. The highest BCUT2D eigenvalue weighted by Gasteiger charge is 2.11. The van der Waals surface area contributed by atoms with Gasteiger partial charge in [-0.3, -0.25) is 4.79 Å². The maximum absolute atomic E-state index is 12.5. The van der Waals surface area contributed by atoms with Crippen molar-refractivity contribution in [3.8, 4) is 17.6 Å². The first kappa shape index (κ1) is 23.1. The molecule has 0 saturated carbocycles. The Morgan fingerprint density at radius 3 is 2.44 bits per heavy atom. The summed E-state index contributed by atoms with van der Waals surface area (Å²) in [5.41, 5.74) is 2.69. The Morgan fingerprint density at radius 2 is 1.75 bits per heavy atom. The average molecular weight is 491 g/mol. The van der Waals surface area contributed by atoms with Gasteiger partial charge in [0.1, 0.15) is 18.2 Å². The third kappa shape index (κ3) is 6.73. The quantitative estimate of drug-likeness (QED) is 0.310. The largest absolute Gasteiger partial charge is 0.490 e. The van der Waals surface area contributed by atoms with Crippen LogP contribution in [0, 0.1) is 11.3 Å². The second-order valence-electron chi connectivity index (χ2n) is 6.89. The number of nitrogens with zero attached hydrogens (tertiary/aromatic N) is 1. The maximum atomic E-state index is 12.5. The first-order chi connectivity index (χ1) is 15.6. The van der Waals surface area contributed by atoms with E-state index in [4.69, 9.17) is 9.47 Å². The van der Waals surface area contributed by atoms with E-state index < -0.39 is 5.91 Å². The lowest BCUT2D eigenvalue weighted by Crippen LogP contribution is -2.23. The number of benzene rings is 3. The van der Waals surface area contributed by atoms with Gasteiger partial charge < -0.3 is 14.8 Å². The highest BCUT2D eigenvalue weighted by molar-refractivity contribution is 9.10. The molecule has 0 spiro atoms. The Labute approximate surface area is 196 Å². The Bertz CT molecular complexity index is 1120. The van der Waals surface area contributed by atoms with Crippen LogP contribution in [0.2, 0.25) is 0 Å². The number of hydrogen-bond acceptors (Lipinski definition) is 4. The van der Waals surface area contributed by atoms with Crippen molar-refractivity contribution in [3.63, 3.8) is 0 Å². The Kier molecular flexibility index (Phi) is 8.47. The molecule has 5 nitrogen and oxygen atoms in total. The first-order valence-corrected chi connectivity index (χ1v) is 11.0. The fraction of sp³-hybridized carbons (Fsp3) is 0.154. The lowest BCUT2D eigenvalue weighted by atomic mass is 10.1. The minimum atomic E-state index is -0.426. The van der Waals surface area contributed by atoms with E-state index in [1.54, 1.807) is 24.3 Å². The SMILES string of the molecule is CCOc1cc(/C=C(\C#N)C(=O)NCc2ccccc2)ccc1OCc1ccc(Br)cc1. The van der Waals surface area contributed by atoms with E-state index in [0.717, 1.165) is 15.6 Å². The molecule has 0 fully saturated rings. The molecule has 3 aromatic rings. The van der Waals surface area contributed by atoms with Gasteiger partial charge in [0.05, 0.1) is 6.61 Å². The molecule has 32 heavy (non-hydrogen) atoms. The van der Waals surface area contributed by atoms with Gasteiger partial charge in [-0.2, -0.15) is 5.26 Å². The summed E-state index contributed by atoms with van der Waals surface area (Å²) < 4.78 is 12.7. The van der Waals surface area contributed by atoms with E-state index in [1.165, 1.54) is 0 Å². The number of nitrogens with one attached hydrogen (secondary N) is 1. The third-order valence-corrected chi connectivity index (χ3v) is 5.08. The topological polar surface area (TPSA) is 71.3 Å². The molecule has 0 unspecified atom stereocenters. The van der Waals surface area contributed by atoms with Crippen molar-refractivity contribution >= 4 is 27.9 Å². The fourth-order valence-corrected chi connectivity index (χ4v) is 3.20. The number of hydrogen-bond donors (Lipinski definition) is 1. The summed E-state index contributed by atoms with van der Waals surface area (Å²) in [6.45, 7) is 3.10. The summed E-state index contributed by atoms with van der Waals surface area (Å²) in [4.78, 5) is 12.5. The molecule has 3 aromatic carbocycles. The zero-order valence-electron chi connectivity index (χ0n) is 17.7. The van der Waals surface area contributed by atoms with Crippen LogP contribution in [0.3, 0.4) is 0 Å². The minimum Gasteiger partial charge on any atom is -0.490 e. The highest BCUT2D eigenvalue weighted by Crippen LogP contribution is 2.30. The zero-order valence-corrected chi connectivity index (χ0v) is 19.3. The second kappa shape index (κ2) is 11.7. The molecule has 0 heterocycles. The molecule has 0 bridgehead atoms. The lowest BCUT2D eigenvalue weighted by Gasteiger charge is -2.13. The molecule has 0 aromatic heterocycles. The van der Waals surface area contributed by atoms with Gasteiger partial charge in [0, 0.05) is 11.0 Å². The van der Waals surface area contributed by atoms with Crippen molar-refractivity contribution in [3.05, 3.63) is 99.5 Å². The summed E-state index contributed by atoms with van der Waals surface area (Å²) >= 11 is 3.42.